The largest absolute Gasteiger partial charge is 0.379 e. The molecule has 100 valence electrons. The van der Waals surface area contributed by atoms with Gasteiger partial charge in [-0.2, -0.15) is 0 Å². The molecule has 18 heavy (non-hydrogen) atoms. The second-order valence-corrected chi connectivity index (χ2v) is 4.78. The highest BCUT2D eigenvalue weighted by Gasteiger charge is 2.23. The minimum atomic E-state index is -0.141. The molecule has 1 aromatic carbocycles. The molecule has 0 aliphatic carbocycles. The van der Waals surface area contributed by atoms with Gasteiger partial charge in [0.25, 0.3) is 0 Å². The Hall–Kier alpha value is -0.970. The van der Waals surface area contributed by atoms with Gasteiger partial charge in [0, 0.05) is 30.7 Å². The molecule has 4 heteroatoms. The van der Waals surface area contributed by atoms with Gasteiger partial charge in [0.1, 0.15) is 5.82 Å². The van der Waals surface area contributed by atoms with Gasteiger partial charge in [-0.05, 0) is 20.0 Å². The van der Waals surface area contributed by atoms with E-state index < -0.39 is 0 Å². The normalized spacial score (nSPS) is 22.9. The fraction of sp³-hybridized carbons (Fsp3) is 0.571. The molecule has 1 aliphatic heterocycles. The third kappa shape index (κ3) is 3.07. The maximum absolute atomic E-state index is 13.8. The van der Waals surface area contributed by atoms with Crippen LogP contribution in [0.25, 0.3) is 0 Å². The van der Waals surface area contributed by atoms with E-state index in [1.54, 1.807) is 6.07 Å². The van der Waals surface area contributed by atoms with Crippen LogP contribution in [0.1, 0.15) is 18.5 Å². The van der Waals surface area contributed by atoms with Crippen molar-refractivity contribution in [3.63, 3.8) is 0 Å². The van der Waals surface area contributed by atoms with Gasteiger partial charge in [0.15, 0.2) is 0 Å². The van der Waals surface area contributed by atoms with E-state index in [-0.39, 0.29) is 11.9 Å². The zero-order valence-electron chi connectivity index (χ0n) is 11.0. The highest BCUT2D eigenvalue weighted by molar-refractivity contribution is 5.21. The summed E-state index contributed by atoms with van der Waals surface area (Å²) in [6.07, 6.45) is 0. The number of likely N-dealkylation sites (N-methyl/N-ethyl adjacent to an activating group) is 1. The average Bonchev–Trinajstić information content (AvgIpc) is 2.39. The highest BCUT2D eigenvalue weighted by atomic mass is 19.1. The van der Waals surface area contributed by atoms with Crippen LogP contribution in [0.3, 0.4) is 0 Å². The zero-order valence-corrected chi connectivity index (χ0v) is 11.0. The van der Waals surface area contributed by atoms with Crippen molar-refractivity contribution in [2.75, 3.05) is 33.4 Å². The van der Waals surface area contributed by atoms with Gasteiger partial charge in [0.2, 0.25) is 0 Å². The molecule has 0 saturated carbocycles. The summed E-state index contributed by atoms with van der Waals surface area (Å²) in [5.41, 5.74) is 0.735. The molecule has 1 N–H and O–H groups in total. The van der Waals surface area contributed by atoms with E-state index in [4.69, 9.17) is 4.74 Å². The Labute approximate surface area is 108 Å². The van der Waals surface area contributed by atoms with Crippen LogP contribution >= 0.6 is 0 Å². The number of halogens is 1. The van der Waals surface area contributed by atoms with Crippen LogP contribution in [-0.2, 0) is 4.74 Å². The SMILES string of the molecule is CNC(CN1CCOCC1C)c1ccccc1F. The lowest BCUT2D eigenvalue weighted by molar-refractivity contribution is -0.00430. The Morgan fingerprint density at radius 3 is 2.94 bits per heavy atom. The lowest BCUT2D eigenvalue weighted by Gasteiger charge is -2.35. The summed E-state index contributed by atoms with van der Waals surface area (Å²) < 4.78 is 19.2. The van der Waals surface area contributed by atoms with Crippen LogP contribution in [0.4, 0.5) is 4.39 Å². The highest BCUT2D eigenvalue weighted by Crippen LogP contribution is 2.19. The first-order valence-electron chi connectivity index (χ1n) is 6.46. The van der Waals surface area contributed by atoms with Crippen LogP contribution in [0.15, 0.2) is 24.3 Å². The van der Waals surface area contributed by atoms with Crippen molar-refractivity contribution < 1.29 is 9.13 Å². The predicted octanol–water partition coefficient (Wildman–Crippen LogP) is 1.81. The van der Waals surface area contributed by atoms with E-state index in [9.17, 15) is 4.39 Å². The molecule has 0 bridgehead atoms. The predicted molar refractivity (Wildman–Crippen MR) is 70.1 cm³/mol. The Balaban J connectivity index is 2.07. The third-order valence-corrected chi connectivity index (χ3v) is 3.55. The van der Waals surface area contributed by atoms with Crippen molar-refractivity contribution in [3.8, 4) is 0 Å². The van der Waals surface area contributed by atoms with Crippen molar-refractivity contribution in [1.82, 2.24) is 10.2 Å². The molecule has 2 atom stereocenters. The lowest BCUT2D eigenvalue weighted by atomic mass is 10.0. The van der Waals surface area contributed by atoms with Crippen LogP contribution < -0.4 is 5.32 Å². The van der Waals surface area contributed by atoms with Gasteiger partial charge in [-0.25, -0.2) is 4.39 Å². The number of nitrogens with zero attached hydrogens (tertiary/aromatic N) is 1. The fourth-order valence-electron chi connectivity index (χ4n) is 2.37. The summed E-state index contributed by atoms with van der Waals surface area (Å²) in [5.74, 6) is -0.141. The summed E-state index contributed by atoms with van der Waals surface area (Å²) in [4.78, 5) is 2.34. The Morgan fingerprint density at radius 2 is 2.28 bits per heavy atom. The number of hydrogen-bond donors (Lipinski definition) is 1. The number of morpholine rings is 1. The van der Waals surface area contributed by atoms with Crippen molar-refractivity contribution in [2.24, 2.45) is 0 Å². The number of rotatable bonds is 4. The minimum Gasteiger partial charge on any atom is -0.379 e. The molecule has 0 radical (unpaired) electrons. The second-order valence-electron chi connectivity index (χ2n) is 4.78. The molecule has 0 amide bonds. The average molecular weight is 252 g/mol. The van der Waals surface area contributed by atoms with E-state index in [2.05, 4.69) is 17.1 Å². The first-order valence-corrected chi connectivity index (χ1v) is 6.46. The van der Waals surface area contributed by atoms with E-state index in [1.165, 1.54) is 6.07 Å². The Bertz CT molecular complexity index is 386. The number of benzene rings is 1. The summed E-state index contributed by atoms with van der Waals surface area (Å²) in [7, 11) is 1.88. The lowest BCUT2D eigenvalue weighted by Crippen LogP contribution is -2.47. The minimum absolute atomic E-state index is 0.0201. The molecule has 2 unspecified atom stereocenters. The van der Waals surface area contributed by atoms with Crippen LogP contribution in [0.5, 0.6) is 0 Å². The maximum Gasteiger partial charge on any atom is 0.128 e. The van der Waals surface area contributed by atoms with Crippen LogP contribution in [-0.4, -0.2) is 44.3 Å². The van der Waals surface area contributed by atoms with E-state index >= 15 is 0 Å². The Kier molecular flexibility index (Phi) is 4.69. The zero-order chi connectivity index (χ0) is 13.0. The molecular weight excluding hydrogens is 231 g/mol. The number of nitrogens with one attached hydrogen (secondary N) is 1. The number of ether oxygens (including phenoxy) is 1. The van der Waals surface area contributed by atoms with Crippen LogP contribution in [0.2, 0.25) is 0 Å². The third-order valence-electron chi connectivity index (χ3n) is 3.55. The van der Waals surface area contributed by atoms with Gasteiger partial charge >= 0.3 is 0 Å². The quantitative estimate of drug-likeness (QED) is 0.884. The van der Waals surface area contributed by atoms with E-state index in [0.717, 1.165) is 31.9 Å². The monoisotopic (exact) mass is 252 g/mol. The molecule has 1 aromatic rings. The summed E-state index contributed by atoms with van der Waals surface area (Å²) in [6, 6.07) is 7.38. The first-order chi connectivity index (χ1) is 8.72. The fourth-order valence-corrected chi connectivity index (χ4v) is 2.37. The summed E-state index contributed by atoms with van der Waals surface area (Å²) >= 11 is 0. The van der Waals surface area contributed by atoms with Crippen LogP contribution in [0, 0.1) is 5.82 Å². The first kappa shape index (κ1) is 13.5. The molecular formula is C14H21FN2O. The van der Waals surface area contributed by atoms with Crippen molar-refractivity contribution in [2.45, 2.75) is 19.0 Å². The Morgan fingerprint density at radius 1 is 1.50 bits per heavy atom. The van der Waals surface area contributed by atoms with Gasteiger partial charge in [-0.15, -0.1) is 0 Å². The molecule has 3 nitrogen and oxygen atoms in total. The molecule has 0 aromatic heterocycles. The molecule has 2 rings (SSSR count). The van der Waals surface area contributed by atoms with Gasteiger partial charge in [0.05, 0.1) is 13.2 Å². The topological polar surface area (TPSA) is 24.5 Å². The second kappa shape index (κ2) is 6.27. The maximum atomic E-state index is 13.8. The number of hydrogen-bond acceptors (Lipinski definition) is 3. The molecule has 1 fully saturated rings. The van der Waals surface area contributed by atoms with Crippen molar-refractivity contribution >= 4 is 0 Å². The summed E-state index contributed by atoms with van der Waals surface area (Å²) in [5, 5.41) is 3.20. The van der Waals surface area contributed by atoms with Gasteiger partial charge < -0.3 is 10.1 Å². The van der Waals surface area contributed by atoms with E-state index in [0.29, 0.717) is 6.04 Å². The van der Waals surface area contributed by atoms with Gasteiger partial charge in [-0.1, -0.05) is 18.2 Å². The molecule has 0 spiro atoms. The van der Waals surface area contributed by atoms with Crippen molar-refractivity contribution in [3.05, 3.63) is 35.6 Å². The molecule has 1 heterocycles. The summed E-state index contributed by atoms with van der Waals surface area (Å²) in [6.45, 7) is 5.38. The van der Waals surface area contributed by atoms with Gasteiger partial charge in [-0.3, -0.25) is 4.90 Å². The molecule has 1 aliphatic rings. The standard InChI is InChI=1S/C14H21FN2O/c1-11-10-18-8-7-17(11)9-14(16-2)12-5-3-4-6-13(12)15/h3-6,11,14,16H,7-10H2,1-2H3. The molecule has 1 saturated heterocycles. The smallest absolute Gasteiger partial charge is 0.128 e. The van der Waals surface area contributed by atoms with Crippen molar-refractivity contribution in [1.29, 1.82) is 0 Å². The van der Waals surface area contributed by atoms with E-state index in [1.807, 2.05) is 19.2 Å².